The van der Waals surface area contributed by atoms with Gasteiger partial charge >= 0.3 is 0 Å². The molecule has 4 nitrogen and oxygen atoms in total. The second kappa shape index (κ2) is 6.70. The molecule has 1 heterocycles. The normalized spacial score (nSPS) is 16.1. The number of rotatable bonds is 3. The molecule has 0 bridgehead atoms. The lowest BCUT2D eigenvalue weighted by Crippen LogP contribution is -2.34. The number of nitrogens with one attached hydrogen (secondary N) is 1. The van der Waals surface area contributed by atoms with E-state index in [1.54, 1.807) is 13.0 Å². The molecule has 110 valence electrons. The third kappa shape index (κ3) is 3.48. The summed E-state index contributed by atoms with van der Waals surface area (Å²) < 4.78 is 13.4. The van der Waals surface area contributed by atoms with E-state index in [9.17, 15) is 9.18 Å². The lowest BCUT2D eigenvalue weighted by molar-refractivity contribution is -0.128. The molecule has 5 heteroatoms. The van der Waals surface area contributed by atoms with Gasteiger partial charge in [0, 0.05) is 45.3 Å². The number of halogens is 1. The Morgan fingerprint density at radius 1 is 1.30 bits per heavy atom. The number of amides is 1. The first-order chi connectivity index (χ1) is 9.61. The molecule has 0 saturated carbocycles. The van der Waals surface area contributed by atoms with E-state index in [1.165, 1.54) is 6.07 Å². The fourth-order valence-electron chi connectivity index (χ4n) is 2.67. The topological polar surface area (TPSA) is 35.6 Å². The van der Waals surface area contributed by atoms with Crippen molar-refractivity contribution in [3.63, 3.8) is 0 Å². The molecule has 1 aliphatic heterocycles. The zero-order valence-corrected chi connectivity index (χ0v) is 12.2. The van der Waals surface area contributed by atoms with Gasteiger partial charge in [0.25, 0.3) is 0 Å². The van der Waals surface area contributed by atoms with Crippen LogP contribution in [0.5, 0.6) is 0 Å². The first-order valence-electron chi connectivity index (χ1n) is 7.05. The first-order valence-corrected chi connectivity index (χ1v) is 7.05. The fourth-order valence-corrected chi connectivity index (χ4v) is 2.67. The van der Waals surface area contributed by atoms with Crippen molar-refractivity contribution in [3.05, 3.63) is 29.6 Å². The lowest BCUT2D eigenvalue weighted by atomic mass is 10.1. The minimum absolute atomic E-state index is 0.126. The third-order valence-electron chi connectivity index (χ3n) is 3.69. The van der Waals surface area contributed by atoms with Gasteiger partial charge in [0.05, 0.1) is 0 Å². The molecule has 1 saturated heterocycles. The minimum Gasteiger partial charge on any atom is -0.369 e. The van der Waals surface area contributed by atoms with Gasteiger partial charge in [-0.25, -0.2) is 4.39 Å². The van der Waals surface area contributed by atoms with Crippen molar-refractivity contribution in [1.29, 1.82) is 0 Å². The largest absolute Gasteiger partial charge is 0.369 e. The fraction of sp³-hybridized carbons (Fsp3) is 0.533. The smallest absolute Gasteiger partial charge is 0.219 e. The summed E-state index contributed by atoms with van der Waals surface area (Å²) in [5.41, 5.74) is 2.02. The first kappa shape index (κ1) is 14.8. The van der Waals surface area contributed by atoms with E-state index in [4.69, 9.17) is 0 Å². The van der Waals surface area contributed by atoms with Gasteiger partial charge in [-0.05, 0) is 37.2 Å². The van der Waals surface area contributed by atoms with E-state index in [0.29, 0.717) is 6.54 Å². The van der Waals surface area contributed by atoms with E-state index < -0.39 is 0 Å². The van der Waals surface area contributed by atoms with Gasteiger partial charge in [-0.15, -0.1) is 0 Å². The van der Waals surface area contributed by atoms with E-state index in [1.807, 2.05) is 18.0 Å². The van der Waals surface area contributed by atoms with Crippen LogP contribution >= 0.6 is 0 Å². The average Bonchev–Trinajstić information content (AvgIpc) is 2.65. The van der Waals surface area contributed by atoms with Crippen LogP contribution in [0.2, 0.25) is 0 Å². The molecule has 1 N–H and O–H groups in total. The van der Waals surface area contributed by atoms with Crippen LogP contribution in [0.25, 0.3) is 0 Å². The van der Waals surface area contributed by atoms with Gasteiger partial charge in [-0.3, -0.25) is 4.79 Å². The molecular weight excluding hydrogens is 257 g/mol. The van der Waals surface area contributed by atoms with E-state index in [2.05, 4.69) is 10.2 Å². The lowest BCUT2D eigenvalue weighted by Gasteiger charge is -2.26. The molecule has 0 unspecified atom stereocenters. The monoisotopic (exact) mass is 279 g/mol. The van der Waals surface area contributed by atoms with Crippen LogP contribution in [-0.2, 0) is 11.3 Å². The summed E-state index contributed by atoms with van der Waals surface area (Å²) in [6, 6.07) is 4.92. The van der Waals surface area contributed by atoms with Crippen LogP contribution in [0.4, 0.5) is 10.1 Å². The van der Waals surface area contributed by atoms with Crippen molar-refractivity contribution in [3.8, 4) is 0 Å². The van der Waals surface area contributed by atoms with Crippen molar-refractivity contribution < 1.29 is 9.18 Å². The molecule has 2 rings (SSSR count). The summed E-state index contributed by atoms with van der Waals surface area (Å²) in [5, 5.41) is 3.08. The summed E-state index contributed by atoms with van der Waals surface area (Å²) >= 11 is 0. The highest BCUT2D eigenvalue weighted by atomic mass is 19.1. The average molecular weight is 279 g/mol. The Labute approximate surface area is 119 Å². The van der Waals surface area contributed by atoms with Crippen LogP contribution < -0.4 is 10.2 Å². The number of benzene rings is 1. The van der Waals surface area contributed by atoms with Gasteiger partial charge < -0.3 is 15.1 Å². The van der Waals surface area contributed by atoms with Crippen molar-refractivity contribution in [1.82, 2.24) is 10.2 Å². The zero-order valence-electron chi connectivity index (χ0n) is 12.2. The summed E-state index contributed by atoms with van der Waals surface area (Å²) in [7, 11) is 1.86. The van der Waals surface area contributed by atoms with Crippen molar-refractivity contribution in [2.75, 3.05) is 38.1 Å². The molecule has 0 atom stereocenters. The molecule has 0 radical (unpaired) electrons. The highest BCUT2D eigenvalue weighted by molar-refractivity contribution is 5.73. The standard InChI is InChI=1S/C15H22FN3O/c1-12(20)18-6-3-7-19(9-8-18)15-5-4-14(16)10-13(15)11-17-2/h4-5,10,17H,3,6-9,11H2,1-2H3. The molecule has 1 aromatic rings. The summed E-state index contributed by atoms with van der Waals surface area (Å²) in [4.78, 5) is 15.6. The Hall–Kier alpha value is -1.62. The van der Waals surface area contributed by atoms with Crippen LogP contribution in [-0.4, -0.2) is 44.0 Å². The van der Waals surface area contributed by atoms with Crippen LogP contribution in [0.3, 0.4) is 0 Å². The molecule has 0 aliphatic carbocycles. The maximum absolute atomic E-state index is 13.4. The Kier molecular flexibility index (Phi) is 4.95. The molecule has 1 aromatic carbocycles. The number of carbonyl (C=O) groups excluding carboxylic acids is 1. The highest BCUT2D eigenvalue weighted by Gasteiger charge is 2.18. The van der Waals surface area contributed by atoms with Gasteiger partial charge in [0.1, 0.15) is 5.82 Å². The van der Waals surface area contributed by atoms with Crippen LogP contribution in [0, 0.1) is 5.82 Å². The number of carbonyl (C=O) groups is 1. The highest BCUT2D eigenvalue weighted by Crippen LogP contribution is 2.23. The molecule has 0 spiro atoms. The predicted octanol–water partition coefficient (Wildman–Crippen LogP) is 1.60. The third-order valence-corrected chi connectivity index (χ3v) is 3.69. The van der Waals surface area contributed by atoms with Gasteiger partial charge in [-0.2, -0.15) is 0 Å². The summed E-state index contributed by atoms with van der Waals surface area (Å²) in [6.45, 7) is 5.47. The quantitative estimate of drug-likeness (QED) is 0.913. The maximum atomic E-state index is 13.4. The Morgan fingerprint density at radius 3 is 2.80 bits per heavy atom. The molecule has 1 aliphatic rings. The van der Waals surface area contributed by atoms with Crippen molar-refractivity contribution in [2.45, 2.75) is 19.9 Å². The molecule has 1 fully saturated rings. The Balaban J connectivity index is 2.16. The minimum atomic E-state index is -0.209. The van der Waals surface area contributed by atoms with Gasteiger partial charge in [0.15, 0.2) is 0 Å². The maximum Gasteiger partial charge on any atom is 0.219 e. The van der Waals surface area contributed by atoms with Crippen molar-refractivity contribution >= 4 is 11.6 Å². The molecule has 20 heavy (non-hydrogen) atoms. The second-order valence-electron chi connectivity index (χ2n) is 5.15. The van der Waals surface area contributed by atoms with E-state index in [0.717, 1.165) is 43.9 Å². The SMILES string of the molecule is CNCc1cc(F)ccc1N1CCCN(C(C)=O)CC1. The van der Waals surface area contributed by atoms with Gasteiger partial charge in [0.2, 0.25) is 5.91 Å². The predicted molar refractivity (Wildman–Crippen MR) is 78.2 cm³/mol. The summed E-state index contributed by atoms with van der Waals surface area (Å²) in [6.07, 6.45) is 0.940. The molecule has 0 aromatic heterocycles. The van der Waals surface area contributed by atoms with Gasteiger partial charge in [-0.1, -0.05) is 0 Å². The van der Waals surface area contributed by atoms with E-state index >= 15 is 0 Å². The number of hydrogen-bond acceptors (Lipinski definition) is 3. The summed E-state index contributed by atoms with van der Waals surface area (Å²) in [5.74, 6) is -0.0828. The zero-order chi connectivity index (χ0) is 14.5. The molecule has 1 amide bonds. The van der Waals surface area contributed by atoms with Crippen LogP contribution in [0.15, 0.2) is 18.2 Å². The van der Waals surface area contributed by atoms with E-state index in [-0.39, 0.29) is 11.7 Å². The van der Waals surface area contributed by atoms with Crippen molar-refractivity contribution in [2.24, 2.45) is 0 Å². The van der Waals surface area contributed by atoms with Crippen LogP contribution in [0.1, 0.15) is 18.9 Å². The second-order valence-corrected chi connectivity index (χ2v) is 5.15. The molecular formula is C15H22FN3O. The number of anilines is 1. The Morgan fingerprint density at radius 2 is 2.10 bits per heavy atom. The number of nitrogens with zero attached hydrogens (tertiary/aromatic N) is 2. The Bertz CT molecular complexity index is 478. The number of hydrogen-bond donors (Lipinski definition) is 1.